The summed E-state index contributed by atoms with van der Waals surface area (Å²) in [6.07, 6.45) is 0.436. The number of hydrogen-bond donors (Lipinski definition) is 4. The topological polar surface area (TPSA) is 134 Å². The normalized spacial score (nSPS) is 11.6. The molecule has 1 heterocycles. The number of rotatable bonds is 9. The number of nitrogens with one attached hydrogen (secondary N) is 2. The number of urea groups is 1. The van der Waals surface area contributed by atoms with Crippen LogP contribution in [0.15, 0.2) is 29.6 Å². The third kappa shape index (κ3) is 6.66. The number of benzene rings is 1. The second-order valence-corrected chi connectivity index (χ2v) is 6.58. The van der Waals surface area contributed by atoms with Gasteiger partial charge in [-0.2, -0.15) is 0 Å². The minimum atomic E-state index is -1.16. The maximum Gasteiger partial charge on any atom is 0.326 e. The number of nitrogens with two attached hydrogens (primary N) is 1. The van der Waals surface area contributed by atoms with E-state index in [4.69, 9.17) is 5.73 Å². The molecule has 0 saturated carbocycles. The van der Waals surface area contributed by atoms with Crippen LogP contribution in [0.3, 0.4) is 0 Å². The van der Waals surface area contributed by atoms with Crippen molar-refractivity contribution in [2.75, 3.05) is 6.54 Å². The van der Waals surface area contributed by atoms with E-state index < -0.39 is 23.9 Å². The third-order valence-electron chi connectivity index (χ3n) is 3.59. The van der Waals surface area contributed by atoms with E-state index in [2.05, 4.69) is 15.6 Å². The van der Waals surface area contributed by atoms with E-state index in [0.29, 0.717) is 17.1 Å². The second kappa shape index (κ2) is 9.62. The van der Waals surface area contributed by atoms with Gasteiger partial charge in [-0.25, -0.2) is 19.0 Å². The molecule has 2 rings (SSSR count). The van der Waals surface area contributed by atoms with Crippen LogP contribution in [-0.2, 0) is 16.0 Å². The van der Waals surface area contributed by atoms with E-state index in [-0.39, 0.29) is 25.2 Å². The highest BCUT2D eigenvalue weighted by atomic mass is 32.1. The first-order valence-corrected chi connectivity index (χ1v) is 8.99. The zero-order valence-corrected chi connectivity index (χ0v) is 15.1. The van der Waals surface area contributed by atoms with E-state index in [0.717, 1.165) is 5.56 Å². The molecule has 0 spiro atoms. The summed E-state index contributed by atoms with van der Waals surface area (Å²) >= 11 is 1.31. The van der Waals surface area contributed by atoms with E-state index in [1.165, 1.54) is 23.5 Å². The van der Waals surface area contributed by atoms with Gasteiger partial charge in [-0.15, -0.1) is 11.3 Å². The lowest BCUT2D eigenvalue weighted by Gasteiger charge is -2.14. The minimum absolute atomic E-state index is 0.0684. The van der Waals surface area contributed by atoms with Crippen molar-refractivity contribution < 1.29 is 23.9 Å². The molecule has 144 valence electrons. The van der Waals surface area contributed by atoms with Crippen molar-refractivity contribution in [2.24, 2.45) is 5.73 Å². The molecule has 27 heavy (non-hydrogen) atoms. The lowest BCUT2D eigenvalue weighted by Crippen LogP contribution is -2.42. The average molecular weight is 394 g/mol. The zero-order valence-electron chi connectivity index (χ0n) is 14.3. The number of carbonyl (C=O) groups excluding carboxylic acids is 2. The molecule has 0 saturated heterocycles. The zero-order chi connectivity index (χ0) is 19.8. The van der Waals surface area contributed by atoms with E-state index in [1.54, 1.807) is 17.5 Å². The Morgan fingerprint density at radius 3 is 2.59 bits per heavy atom. The molecular formula is C17H19FN4O4S. The summed E-state index contributed by atoms with van der Waals surface area (Å²) in [5, 5.41) is 16.3. The number of halogens is 1. The summed E-state index contributed by atoms with van der Waals surface area (Å²) in [6, 6.07) is 4.09. The number of hydrogen-bond acceptors (Lipinski definition) is 5. The van der Waals surface area contributed by atoms with Gasteiger partial charge in [-0.1, -0.05) is 0 Å². The monoisotopic (exact) mass is 394 g/mol. The Hall–Kier alpha value is -3.01. The first-order chi connectivity index (χ1) is 12.8. The van der Waals surface area contributed by atoms with Crippen LogP contribution in [0.5, 0.6) is 0 Å². The Balaban J connectivity index is 1.88. The number of primary amides is 1. The van der Waals surface area contributed by atoms with Crippen molar-refractivity contribution in [3.05, 3.63) is 41.2 Å². The Labute approximate surface area is 158 Å². The Morgan fingerprint density at radius 2 is 1.96 bits per heavy atom. The van der Waals surface area contributed by atoms with Crippen molar-refractivity contribution in [1.82, 2.24) is 15.6 Å². The highest BCUT2D eigenvalue weighted by Crippen LogP contribution is 2.24. The SMILES string of the molecule is NC(=O)NCCC[C@H](NC(=O)Cc1csc(-c2ccc(F)cc2)n1)C(=O)O. The van der Waals surface area contributed by atoms with Gasteiger partial charge in [0.05, 0.1) is 12.1 Å². The third-order valence-corrected chi connectivity index (χ3v) is 4.53. The Kier molecular flexibility index (Phi) is 7.24. The number of nitrogens with zero attached hydrogens (tertiary/aromatic N) is 1. The average Bonchev–Trinajstić information content (AvgIpc) is 3.06. The van der Waals surface area contributed by atoms with Gasteiger partial charge in [0.15, 0.2) is 0 Å². The van der Waals surface area contributed by atoms with Gasteiger partial charge >= 0.3 is 12.0 Å². The molecule has 0 fully saturated rings. The predicted octanol–water partition coefficient (Wildman–Crippen LogP) is 1.51. The van der Waals surface area contributed by atoms with Crippen molar-refractivity contribution in [3.63, 3.8) is 0 Å². The predicted molar refractivity (Wildman–Crippen MR) is 97.6 cm³/mol. The summed E-state index contributed by atoms with van der Waals surface area (Å²) in [4.78, 5) is 38.3. The highest BCUT2D eigenvalue weighted by Gasteiger charge is 2.20. The van der Waals surface area contributed by atoms with Crippen LogP contribution < -0.4 is 16.4 Å². The molecule has 1 atom stereocenters. The Morgan fingerprint density at radius 1 is 1.26 bits per heavy atom. The molecule has 8 nitrogen and oxygen atoms in total. The van der Waals surface area contributed by atoms with Crippen molar-refractivity contribution >= 4 is 29.2 Å². The number of carbonyl (C=O) groups is 3. The van der Waals surface area contributed by atoms with Gasteiger partial charge in [-0.3, -0.25) is 4.79 Å². The number of carboxylic acid groups (broad SMARTS) is 1. The van der Waals surface area contributed by atoms with Gasteiger partial charge in [0, 0.05) is 17.5 Å². The first kappa shape index (κ1) is 20.3. The molecule has 0 unspecified atom stereocenters. The summed E-state index contributed by atoms with van der Waals surface area (Å²) in [6.45, 7) is 0.224. The maximum absolute atomic E-state index is 13.0. The van der Waals surface area contributed by atoms with E-state index in [9.17, 15) is 23.9 Å². The second-order valence-electron chi connectivity index (χ2n) is 5.72. The van der Waals surface area contributed by atoms with E-state index >= 15 is 0 Å². The molecule has 0 radical (unpaired) electrons. The van der Waals surface area contributed by atoms with Gasteiger partial charge in [0.2, 0.25) is 5.91 Å². The molecule has 3 amide bonds. The largest absolute Gasteiger partial charge is 0.480 e. The molecule has 0 aliphatic carbocycles. The van der Waals surface area contributed by atoms with Crippen LogP contribution in [0.25, 0.3) is 10.6 Å². The highest BCUT2D eigenvalue weighted by molar-refractivity contribution is 7.13. The fraction of sp³-hybridized carbons (Fsp3) is 0.294. The number of amides is 3. The summed E-state index contributed by atoms with van der Waals surface area (Å²) in [5.74, 6) is -1.98. The molecule has 1 aromatic carbocycles. The maximum atomic E-state index is 13.0. The van der Waals surface area contributed by atoms with E-state index in [1.807, 2.05) is 0 Å². The van der Waals surface area contributed by atoms with Crippen LogP contribution in [0.4, 0.5) is 9.18 Å². The van der Waals surface area contributed by atoms with Crippen LogP contribution in [0.1, 0.15) is 18.5 Å². The lowest BCUT2D eigenvalue weighted by molar-refractivity contribution is -0.141. The van der Waals surface area contributed by atoms with Crippen LogP contribution in [-0.4, -0.2) is 40.6 Å². The van der Waals surface area contributed by atoms with Crippen molar-refractivity contribution in [2.45, 2.75) is 25.3 Å². The summed E-state index contributed by atoms with van der Waals surface area (Å²) in [7, 11) is 0. The minimum Gasteiger partial charge on any atom is -0.480 e. The van der Waals surface area contributed by atoms with Gasteiger partial charge in [-0.05, 0) is 37.1 Å². The number of aliphatic carboxylic acids is 1. The quantitative estimate of drug-likeness (QED) is 0.478. The molecular weight excluding hydrogens is 375 g/mol. The molecule has 2 aromatic rings. The number of thiazole rings is 1. The number of aromatic nitrogens is 1. The fourth-order valence-corrected chi connectivity index (χ4v) is 3.12. The number of carboxylic acids is 1. The van der Waals surface area contributed by atoms with Crippen molar-refractivity contribution in [1.29, 1.82) is 0 Å². The Bertz CT molecular complexity index is 810. The van der Waals surface area contributed by atoms with Gasteiger partial charge in [0.25, 0.3) is 0 Å². The lowest BCUT2D eigenvalue weighted by atomic mass is 10.1. The van der Waals surface area contributed by atoms with Gasteiger partial charge < -0.3 is 21.5 Å². The molecule has 0 bridgehead atoms. The standard InChI is InChI=1S/C17H19FN4O4S/c18-11-5-3-10(4-6-11)15-21-12(9-27-15)8-14(23)22-13(16(24)25)2-1-7-20-17(19)26/h3-6,9,13H,1-2,7-8H2,(H,22,23)(H,24,25)(H3,19,20,26)/t13-/m0/s1. The van der Waals surface area contributed by atoms with Crippen LogP contribution >= 0.6 is 11.3 Å². The fourth-order valence-electron chi connectivity index (χ4n) is 2.30. The molecule has 0 aliphatic heterocycles. The molecule has 1 aromatic heterocycles. The first-order valence-electron chi connectivity index (χ1n) is 8.11. The van der Waals surface area contributed by atoms with Gasteiger partial charge in [0.1, 0.15) is 16.9 Å². The van der Waals surface area contributed by atoms with Crippen LogP contribution in [0, 0.1) is 5.82 Å². The molecule has 10 heteroatoms. The van der Waals surface area contributed by atoms with Crippen LogP contribution in [0.2, 0.25) is 0 Å². The molecule has 0 aliphatic rings. The smallest absolute Gasteiger partial charge is 0.326 e. The molecule has 5 N–H and O–H groups in total. The summed E-state index contributed by atoms with van der Waals surface area (Å²) < 4.78 is 13.0. The summed E-state index contributed by atoms with van der Waals surface area (Å²) in [5.41, 5.74) is 6.16. The van der Waals surface area contributed by atoms with Crippen molar-refractivity contribution in [3.8, 4) is 10.6 Å².